The SMILES string of the molecule is CCCNC(=O)CCNC(=O)c1cc2n(n1)CCCN(Cc1ccc(F)cc1)C2=O. The van der Waals surface area contributed by atoms with Crippen LogP contribution in [0.1, 0.15) is 52.7 Å². The zero-order valence-electron chi connectivity index (χ0n) is 17.0. The summed E-state index contributed by atoms with van der Waals surface area (Å²) in [6.07, 6.45) is 1.73. The predicted octanol–water partition coefficient (Wildman–Crippen LogP) is 1.71. The molecule has 0 aliphatic carbocycles. The summed E-state index contributed by atoms with van der Waals surface area (Å²) in [6.45, 7) is 4.20. The van der Waals surface area contributed by atoms with Crippen LogP contribution >= 0.6 is 0 Å². The third kappa shape index (κ3) is 5.43. The van der Waals surface area contributed by atoms with Crippen LogP contribution in [0.25, 0.3) is 0 Å². The van der Waals surface area contributed by atoms with Crippen LogP contribution in [0.2, 0.25) is 0 Å². The molecule has 2 N–H and O–H groups in total. The van der Waals surface area contributed by atoms with E-state index >= 15 is 0 Å². The molecule has 0 saturated heterocycles. The van der Waals surface area contributed by atoms with E-state index in [4.69, 9.17) is 0 Å². The number of fused-ring (bicyclic) bond motifs is 1. The monoisotopic (exact) mass is 415 g/mol. The Labute approximate surface area is 174 Å². The zero-order chi connectivity index (χ0) is 21.5. The first kappa shape index (κ1) is 21.5. The minimum Gasteiger partial charge on any atom is -0.356 e. The van der Waals surface area contributed by atoms with Crippen molar-refractivity contribution < 1.29 is 18.8 Å². The van der Waals surface area contributed by atoms with Crippen molar-refractivity contribution in [2.24, 2.45) is 0 Å². The maximum absolute atomic E-state index is 13.1. The largest absolute Gasteiger partial charge is 0.356 e. The van der Waals surface area contributed by atoms with Gasteiger partial charge in [0, 0.05) is 45.2 Å². The zero-order valence-corrected chi connectivity index (χ0v) is 17.0. The lowest BCUT2D eigenvalue weighted by Gasteiger charge is -2.20. The molecule has 0 unspecified atom stereocenters. The normalized spacial score (nSPS) is 13.5. The fourth-order valence-electron chi connectivity index (χ4n) is 3.24. The fraction of sp³-hybridized carbons (Fsp3) is 0.429. The molecular weight excluding hydrogens is 389 g/mol. The van der Waals surface area contributed by atoms with Crippen LogP contribution in [0.3, 0.4) is 0 Å². The van der Waals surface area contributed by atoms with Crippen molar-refractivity contribution >= 4 is 17.7 Å². The van der Waals surface area contributed by atoms with Crippen molar-refractivity contribution in [1.82, 2.24) is 25.3 Å². The number of aromatic nitrogens is 2. The van der Waals surface area contributed by atoms with Gasteiger partial charge < -0.3 is 15.5 Å². The molecule has 0 bridgehead atoms. The van der Waals surface area contributed by atoms with Gasteiger partial charge in [0.15, 0.2) is 5.69 Å². The van der Waals surface area contributed by atoms with Gasteiger partial charge in [-0.15, -0.1) is 0 Å². The third-order valence-corrected chi connectivity index (χ3v) is 4.81. The highest BCUT2D eigenvalue weighted by Gasteiger charge is 2.26. The maximum atomic E-state index is 13.1. The van der Waals surface area contributed by atoms with E-state index < -0.39 is 5.91 Å². The summed E-state index contributed by atoms with van der Waals surface area (Å²) >= 11 is 0. The number of benzene rings is 1. The molecule has 0 fully saturated rings. The Bertz CT molecular complexity index is 910. The third-order valence-electron chi connectivity index (χ3n) is 4.81. The molecule has 2 heterocycles. The smallest absolute Gasteiger partial charge is 0.272 e. The van der Waals surface area contributed by atoms with Crippen molar-refractivity contribution in [1.29, 1.82) is 0 Å². The highest BCUT2D eigenvalue weighted by atomic mass is 19.1. The first-order valence-corrected chi connectivity index (χ1v) is 10.1. The maximum Gasteiger partial charge on any atom is 0.272 e. The molecule has 9 heteroatoms. The van der Waals surface area contributed by atoms with E-state index in [1.54, 1.807) is 21.7 Å². The summed E-state index contributed by atoms with van der Waals surface area (Å²) in [6, 6.07) is 7.53. The van der Waals surface area contributed by atoms with Crippen molar-refractivity contribution in [3.8, 4) is 0 Å². The number of amides is 3. The molecule has 3 amide bonds. The summed E-state index contributed by atoms with van der Waals surface area (Å²) < 4.78 is 14.7. The number of rotatable bonds is 8. The number of aryl methyl sites for hydroxylation is 1. The predicted molar refractivity (Wildman–Crippen MR) is 108 cm³/mol. The Hall–Kier alpha value is -3.23. The van der Waals surface area contributed by atoms with E-state index in [2.05, 4.69) is 15.7 Å². The van der Waals surface area contributed by atoms with Crippen LogP contribution in [0.4, 0.5) is 4.39 Å². The molecular formula is C21H26FN5O3. The number of halogens is 1. The second-order valence-electron chi connectivity index (χ2n) is 7.20. The number of hydrogen-bond donors (Lipinski definition) is 2. The van der Waals surface area contributed by atoms with Crippen molar-refractivity contribution in [3.05, 3.63) is 53.1 Å². The van der Waals surface area contributed by atoms with Gasteiger partial charge in [-0.3, -0.25) is 19.1 Å². The van der Waals surface area contributed by atoms with E-state index in [0.29, 0.717) is 38.3 Å². The van der Waals surface area contributed by atoms with Gasteiger partial charge in [0.2, 0.25) is 5.91 Å². The van der Waals surface area contributed by atoms with Crippen LogP contribution in [0.5, 0.6) is 0 Å². The first-order chi connectivity index (χ1) is 14.5. The molecule has 1 aromatic heterocycles. The highest BCUT2D eigenvalue weighted by molar-refractivity contribution is 5.98. The average Bonchev–Trinajstić information content (AvgIpc) is 3.11. The summed E-state index contributed by atoms with van der Waals surface area (Å²) in [4.78, 5) is 38.6. The number of nitrogens with zero attached hydrogens (tertiary/aromatic N) is 3. The first-order valence-electron chi connectivity index (χ1n) is 10.1. The van der Waals surface area contributed by atoms with Crippen LogP contribution in [0.15, 0.2) is 30.3 Å². The molecule has 1 aliphatic rings. The molecule has 30 heavy (non-hydrogen) atoms. The Balaban J connectivity index is 1.62. The van der Waals surface area contributed by atoms with E-state index in [9.17, 15) is 18.8 Å². The summed E-state index contributed by atoms with van der Waals surface area (Å²) in [5, 5.41) is 9.68. The van der Waals surface area contributed by atoms with Gasteiger partial charge in [0.25, 0.3) is 11.8 Å². The minimum absolute atomic E-state index is 0.121. The summed E-state index contributed by atoms with van der Waals surface area (Å²) in [5.41, 5.74) is 1.33. The number of carbonyl (C=O) groups is 3. The molecule has 3 rings (SSSR count). The Morgan fingerprint density at radius 2 is 1.90 bits per heavy atom. The number of hydrogen-bond acceptors (Lipinski definition) is 4. The van der Waals surface area contributed by atoms with Crippen LogP contribution in [0, 0.1) is 5.82 Å². The van der Waals surface area contributed by atoms with E-state index in [0.717, 1.165) is 12.0 Å². The van der Waals surface area contributed by atoms with E-state index in [-0.39, 0.29) is 36.3 Å². The van der Waals surface area contributed by atoms with Gasteiger partial charge in [0.1, 0.15) is 11.5 Å². The van der Waals surface area contributed by atoms with Crippen molar-refractivity contribution in [3.63, 3.8) is 0 Å². The van der Waals surface area contributed by atoms with Gasteiger partial charge in [-0.25, -0.2) is 4.39 Å². The lowest BCUT2D eigenvalue weighted by Crippen LogP contribution is -2.31. The summed E-state index contributed by atoms with van der Waals surface area (Å²) in [7, 11) is 0. The Morgan fingerprint density at radius 1 is 1.13 bits per heavy atom. The molecule has 0 saturated carbocycles. The second kappa shape index (κ2) is 10.00. The Kier molecular flexibility index (Phi) is 7.16. The van der Waals surface area contributed by atoms with E-state index in [1.165, 1.54) is 18.2 Å². The van der Waals surface area contributed by atoms with Gasteiger partial charge >= 0.3 is 0 Å². The molecule has 0 spiro atoms. The molecule has 1 aromatic carbocycles. The molecule has 160 valence electrons. The number of carbonyl (C=O) groups excluding carboxylic acids is 3. The lowest BCUT2D eigenvalue weighted by molar-refractivity contribution is -0.120. The minimum atomic E-state index is -0.420. The second-order valence-corrected chi connectivity index (χ2v) is 7.20. The molecule has 1 aliphatic heterocycles. The highest BCUT2D eigenvalue weighted by Crippen LogP contribution is 2.17. The van der Waals surface area contributed by atoms with Gasteiger partial charge in [-0.1, -0.05) is 19.1 Å². The number of nitrogens with one attached hydrogen (secondary N) is 2. The average molecular weight is 415 g/mol. The quantitative estimate of drug-likeness (QED) is 0.686. The standard InChI is InChI=1S/C21H26FN5O3/c1-2-9-23-19(28)8-10-24-20(29)17-13-18-21(30)26(11-3-12-27(18)25-17)14-15-4-6-16(22)7-5-15/h4-7,13H,2-3,8-12,14H2,1H3,(H,23,28)(H,24,29). The fourth-order valence-corrected chi connectivity index (χ4v) is 3.24. The van der Waals surface area contributed by atoms with Crippen LogP contribution < -0.4 is 10.6 Å². The topological polar surface area (TPSA) is 96.3 Å². The van der Waals surface area contributed by atoms with Crippen LogP contribution in [-0.2, 0) is 17.9 Å². The van der Waals surface area contributed by atoms with Crippen molar-refractivity contribution in [2.75, 3.05) is 19.6 Å². The molecule has 2 aromatic rings. The lowest BCUT2D eigenvalue weighted by atomic mass is 10.2. The molecule has 8 nitrogen and oxygen atoms in total. The van der Waals surface area contributed by atoms with Gasteiger partial charge in [-0.2, -0.15) is 5.10 Å². The van der Waals surface area contributed by atoms with Gasteiger partial charge in [-0.05, 0) is 30.5 Å². The van der Waals surface area contributed by atoms with Crippen LogP contribution in [-0.4, -0.2) is 52.0 Å². The summed E-state index contributed by atoms with van der Waals surface area (Å²) in [5.74, 6) is -1.08. The van der Waals surface area contributed by atoms with E-state index in [1.807, 2.05) is 6.92 Å². The molecule has 0 radical (unpaired) electrons. The van der Waals surface area contributed by atoms with Gasteiger partial charge in [0.05, 0.1) is 0 Å². The Morgan fingerprint density at radius 3 is 2.63 bits per heavy atom. The molecule has 0 atom stereocenters. The van der Waals surface area contributed by atoms with Crippen molar-refractivity contribution in [2.45, 2.75) is 39.3 Å².